The molecule has 0 fully saturated rings. The van der Waals surface area contributed by atoms with Crippen molar-refractivity contribution < 1.29 is 9.69 Å². The molecule has 152 valence electrons. The number of amides is 1. The Morgan fingerprint density at radius 2 is 1.66 bits per heavy atom. The van der Waals surface area contributed by atoms with Crippen LogP contribution in [0.25, 0.3) is 16.9 Å². The Balaban J connectivity index is 1.80. The molecule has 0 radical (unpaired) electrons. The van der Waals surface area contributed by atoms with Gasteiger partial charge in [0, 0.05) is 17.8 Å². The van der Waals surface area contributed by atoms with E-state index in [1.165, 1.54) is 0 Å². The first-order valence-electron chi connectivity index (χ1n) is 10.2. The first-order valence-corrected chi connectivity index (χ1v) is 10.2. The number of quaternary nitrogens is 1. The smallest absolute Gasteiger partial charge is 0.275 e. The summed E-state index contributed by atoms with van der Waals surface area (Å²) in [6, 6.07) is 20.5. The molecule has 0 aliphatic heterocycles. The Morgan fingerprint density at radius 3 is 2.28 bits per heavy atom. The highest BCUT2D eigenvalue weighted by molar-refractivity contribution is 5.77. The maximum atomic E-state index is 12.4. The summed E-state index contributed by atoms with van der Waals surface area (Å²) in [5.41, 5.74) is 4.20. The molecule has 1 unspecified atom stereocenters. The van der Waals surface area contributed by atoms with E-state index < -0.39 is 0 Å². The van der Waals surface area contributed by atoms with Gasteiger partial charge >= 0.3 is 0 Å². The van der Waals surface area contributed by atoms with Crippen molar-refractivity contribution in [3.63, 3.8) is 0 Å². The maximum absolute atomic E-state index is 12.4. The van der Waals surface area contributed by atoms with Crippen LogP contribution in [-0.2, 0) is 11.3 Å². The molecule has 0 aliphatic rings. The lowest BCUT2D eigenvalue weighted by molar-refractivity contribution is -0.885. The second-order valence-corrected chi connectivity index (χ2v) is 8.06. The van der Waals surface area contributed by atoms with Gasteiger partial charge in [-0.3, -0.25) is 4.79 Å². The lowest BCUT2D eigenvalue weighted by Crippen LogP contribution is -3.09. The van der Waals surface area contributed by atoms with Crippen molar-refractivity contribution in [2.45, 2.75) is 33.4 Å². The number of para-hydroxylation sites is 1. The molecule has 2 aromatic carbocycles. The van der Waals surface area contributed by atoms with Crippen LogP contribution < -0.4 is 10.2 Å². The van der Waals surface area contributed by atoms with E-state index >= 15 is 0 Å². The van der Waals surface area contributed by atoms with Crippen LogP contribution in [0.4, 0.5) is 0 Å². The van der Waals surface area contributed by atoms with E-state index in [0.29, 0.717) is 12.5 Å². The van der Waals surface area contributed by atoms with Gasteiger partial charge in [0.1, 0.15) is 12.2 Å². The first kappa shape index (κ1) is 20.8. The van der Waals surface area contributed by atoms with Crippen molar-refractivity contribution in [3.8, 4) is 16.9 Å². The average molecular weight is 392 g/mol. The molecule has 2 N–H and O–H groups in total. The quantitative estimate of drug-likeness (QED) is 0.620. The van der Waals surface area contributed by atoms with Crippen LogP contribution in [0.15, 0.2) is 66.9 Å². The Labute approximate surface area is 173 Å². The summed E-state index contributed by atoms with van der Waals surface area (Å²) < 4.78 is 1.92. The van der Waals surface area contributed by atoms with E-state index in [2.05, 4.69) is 44.4 Å². The molecule has 0 bridgehead atoms. The lowest BCUT2D eigenvalue weighted by atomic mass is 10.1. The van der Waals surface area contributed by atoms with Crippen LogP contribution in [0.1, 0.15) is 26.3 Å². The number of benzene rings is 2. The first-order chi connectivity index (χ1) is 13.9. The number of nitrogens with zero attached hydrogens (tertiary/aromatic N) is 2. The molecule has 0 saturated carbocycles. The summed E-state index contributed by atoms with van der Waals surface area (Å²) in [5, 5.41) is 7.95. The fraction of sp³-hybridized carbons (Fsp3) is 0.333. The number of aromatic nitrogens is 2. The molecular weight excluding hydrogens is 360 g/mol. The van der Waals surface area contributed by atoms with Crippen molar-refractivity contribution >= 4 is 5.91 Å². The third kappa shape index (κ3) is 5.55. The van der Waals surface area contributed by atoms with Gasteiger partial charge in [-0.15, -0.1) is 0 Å². The summed E-state index contributed by atoms with van der Waals surface area (Å²) in [6.07, 6.45) is 2.08. The van der Waals surface area contributed by atoms with E-state index in [1.54, 1.807) is 0 Å². The predicted octanol–water partition coefficient (Wildman–Crippen LogP) is 2.71. The van der Waals surface area contributed by atoms with Gasteiger partial charge in [-0.2, -0.15) is 5.10 Å². The summed E-state index contributed by atoms with van der Waals surface area (Å²) in [4.78, 5) is 13.5. The number of nitrogens with one attached hydrogen (secondary N) is 2. The number of hydrogen-bond donors (Lipinski definition) is 2. The second-order valence-electron chi connectivity index (χ2n) is 8.06. The Kier molecular flexibility index (Phi) is 6.83. The van der Waals surface area contributed by atoms with Crippen molar-refractivity contribution in [2.75, 3.05) is 13.6 Å². The Hall–Kier alpha value is -2.92. The zero-order valence-electron chi connectivity index (χ0n) is 17.7. The van der Waals surface area contributed by atoms with Gasteiger partial charge in [0.05, 0.1) is 18.3 Å². The molecule has 5 nitrogen and oxygen atoms in total. The average Bonchev–Trinajstić information content (AvgIpc) is 3.12. The van der Waals surface area contributed by atoms with Crippen molar-refractivity contribution in [1.29, 1.82) is 0 Å². The van der Waals surface area contributed by atoms with E-state index in [-0.39, 0.29) is 11.9 Å². The molecule has 3 rings (SSSR count). The molecule has 5 heteroatoms. The van der Waals surface area contributed by atoms with Gasteiger partial charge in [-0.05, 0) is 25.0 Å². The van der Waals surface area contributed by atoms with Gasteiger partial charge in [0.2, 0.25) is 0 Å². The van der Waals surface area contributed by atoms with Crippen LogP contribution in [0.5, 0.6) is 0 Å². The highest BCUT2D eigenvalue weighted by atomic mass is 16.2. The molecular formula is C24H31N4O+. The topological polar surface area (TPSA) is 51.4 Å². The molecule has 0 spiro atoms. The largest absolute Gasteiger partial charge is 0.348 e. The third-order valence-electron chi connectivity index (χ3n) is 5.20. The molecule has 0 aliphatic carbocycles. The number of carbonyl (C=O) groups excluding carboxylic acids is 1. The Bertz CT molecular complexity index is 919. The fourth-order valence-corrected chi connectivity index (χ4v) is 3.22. The number of rotatable bonds is 8. The third-order valence-corrected chi connectivity index (χ3v) is 5.20. The van der Waals surface area contributed by atoms with Gasteiger partial charge in [-0.1, -0.05) is 62.4 Å². The zero-order valence-corrected chi connectivity index (χ0v) is 17.7. The van der Waals surface area contributed by atoms with Crippen LogP contribution in [0.3, 0.4) is 0 Å². The standard InChI is InChI=1S/C24H30N4O/c1-18(2)19(3)25-23(29)17-27(4)15-21-16-28(22-13-9-6-10-14-22)26-24(21)20-11-7-5-8-12-20/h5-14,16,18-19H,15,17H2,1-4H3,(H,25,29)/p+1/t19-/m0/s1. The minimum atomic E-state index is 0.0837. The van der Waals surface area contributed by atoms with Gasteiger partial charge < -0.3 is 10.2 Å². The monoisotopic (exact) mass is 391 g/mol. The molecule has 0 saturated heterocycles. The number of carbonyl (C=O) groups is 1. The van der Waals surface area contributed by atoms with Crippen molar-refractivity contribution in [3.05, 3.63) is 72.4 Å². The molecule has 1 aromatic heterocycles. The van der Waals surface area contributed by atoms with Crippen molar-refractivity contribution in [1.82, 2.24) is 15.1 Å². The van der Waals surface area contributed by atoms with Gasteiger partial charge in [-0.25, -0.2) is 4.68 Å². The van der Waals surface area contributed by atoms with Crippen molar-refractivity contribution in [2.24, 2.45) is 5.92 Å². The second kappa shape index (κ2) is 9.52. The number of hydrogen-bond acceptors (Lipinski definition) is 2. The highest BCUT2D eigenvalue weighted by Gasteiger charge is 2.19. The summed E-state index contributed by atoms with van der Waals surface area (Å²) in [6.45, 7) is 7.44. The zero-order chi connectivity index (χ0) is 20.8. The van der Waals surface area contributed by atoms with Crippen LogP contribution >= 0.6 is 0 Å². The normalized spacial score (nSPS) is 13.3. The minimum Gasteiger partial charge on any atom is -0.348 e. The van der Waals surface area contributed by atoms with E-state index in [4.69, 9.17) is 5.10 Å². The molecule has 3 aromatic rings. The SMILES string of the molecule is CC(C)[C@H](C)NC(=O)C[NH+](C)Cc1cn(-c2ccccc2)nc1-c1ccccc1. The van der Waals surface area contributed by atoms with Crippen LogP contribution in [0.2, 0.25) is 0 Å². The molecule has 29 heavy (non-hydrogen) atoms. The number of likely N-dealkylation sites (N-methyl/N-ethyl adjacent to an activating group) is 1. The Morgan fingerprint density at radius 1 is 1.03 bits per heavy atom. The maximum Gasteiger partial charge on any atom is 0.275 e. The van der Waals surface area contributed by atoms with Gasteiger partial charge in [0.25, 0.3) is 5.91 Å². The fourth-order valence-electron chi connectivity index (χ4n) is 3.22. The molecule has 1 amide bonds. The van der Waals surface area contributed by atoms with E-state index in [9.17, 15) is 4.79 Å². The summed E-state index contributed by atoms with van der Waals surface area (Å²) in [5.74, 6) is 0.508. The minimum absolute atomic E-state index is 0.0837. The summed E-state index contributed by atoms with van der Waals surface area (Å²) in [7, 11) is 2.05. The lowest BCUT2D eigenvalue weighted by Gasteiger charge is -2.19. The summed E-state index contributed by atoms with van der Waals surface area (Å²) >= 11 is 0. The molecule has 1 heterocycles. The van der Waals surface area contributed by atoms with Crippen LogP contribution in [0, 0.1) is 5.92 Å². The van der Waals surface area contributed by atoms with E-state index in [1.807, 2.05) is 60.3 Å². The predicted molar refractivity (Wildman–Crippen MR) is 117 cm³/mol. The highest BCUT2D eigenvalue weighted by Crippen LogP contribution is 2.23. The van der Waals surface area contributed by atoms with E-state index in [0.717, 1.165) is 34.0 Å². The van der Waals surface area contributed by atoms with Gasteiger partial charge in [0.15, 0.2) is 6.54 Å². The van der Waals surface area contributed by atoms with Crippen LogP contribution in [-0.4, -0.2) is 35.3 Å². The molecule has 2 atom stereocenters.